The number of aliphatic carboxylic acids is 1. The van der Waals surface area contributed by atoms with Gasteiger partial charge in [-0.25, -0.2) is 9.59 Å². The lowest BCUT2D eigenvalue weighted by molar-refractivity contribution is -0.140. The Kier molecular flexibility index (Phi) is 6.32. The van der Waals surface area contributed by atoms with Crippen LogP contribution in [0.15, 0.2) is 41.0 Å². The number of hydrogen-bond donors (Lipinski definition) is 2. The molecule has 1 atom stereocenters. The monoisotopic (exact) mass is 392 g/mol. The van der Waals surface area contributed by atoms with Gasteiger partial charge < -0.3 is 25.1 Å². The summed E-state index contributed by atoms with van der Waals surface area (Å²) >= 11 is 6.17. The van der Waals surface area contributed by atoms with Gasteiger partial charge in [0.05, 0.1) is 23.1 Å². The molecule has 0 amide bonds. The molecule has 0 bridgehead atoms. The number of carboxylic acids is 1. The molecule has 8 nitrogen and oxygen atoms in total. The Labute approximate surface area is 160 Å². The second-order valence-electron chi connectivity index (χ2n) is 5.49. The molecule has 0 spiro atoms. The van der Waals surface area contributed by atoms with E-state index >= 15 is 0 Å². The maximum Gasteiger partial charge on any atom is 0.341 e. The van der Waals surface area contributed by atoms with Gasteiger partial charge in [-0.15, -0.1) is 0 Å². The van der Waals surface area contributed by atoms with Crippen molar-refractivity contribution in [2.75, 3.05) is 13.2 Å². The lowest BCUT2D eigenvalue weighted by Gasteiger charge is -2.27. The van der Waals surface area contributed by atoms with Crippen LogP contribution in [0, 0.1) is 11.3 Å². The van der Waals surface area contributed by atoms with E-state index in [0.717, 1.165) is 0 Å². The van der Waals surface area contributed by atoms with Crippen LogP contribution in [-0.2, 0) is 19.1 Å². The molecule has 1 aliphatic rings. The second kappa shape index (κ2) is 8.47. The van der Waals surface area contributed by atoms with Crippen LogP contribution in [0.2, 0.25) is 5.02 Å². The van der Waals surface area contributed by atoms with Gasteiger partial charge in [0, 0.05) is 0 Å². The lowest BCUT2D eigenvalue weighted by Crippen LogP contribution is -2.25. The highest BCUT2D eigenvalue weighted by molar-refractivity contribution is 6.32. The second-order valence-corrected chi connectivity index (χ2v) is 5.89. The topological polar surface area (TPSA) is 132 Å². The first-order valence-corrected chi connectivity index (χ1v) is 8.27. The van der Waals surface area contributed by atoms with Crippen molar-refractivity contribution in [3.8, 4) is 11.8 Å². The van der Waals surface area contributed by atoms with Crippen LogP contribution in [-0.4, -0.2) is 30.3 Å². The molecule has 2 rings (SSSR count). The van der Waals surface area contributed by atoms with E-state index in [1.807, 2.05) is 6.07 Å². The van der Waals surface area contributed by atoms with Gasteiger partial charge in [0.15, 0.2) is 6.61 Å². The molecule has 0 fully saturated rings. The number of allylic oxidation sites excluding steroid dienone is 2. The number of carbonyl (C=O) groups excluding carboxylic acids is 1. The summed E-state index contributed by atoms with van der Waals surface area (Å²) < 4.78 is 15.5. The number of benzene rings is 1. The summed E-state index contributed by atoms with van der Waals surface area (Å²) in [5, 5.41) is 18.3. The van der Waals surface area contributed by atoms with Crippen molar-refractivity contribution in [1.82, 2.24) is 0 Å². The molecular weight excluding hydrogens is 376 g/mol. The van der Waals surface area contributed by atoms with E-state index in [1.165, 1.54) is 12.1 Å². The minimum atomic E-state index is -1.15. The minimum Gasteiger partial charge on any atom is -0.480 e. The first-order valence-electron chi connectivity index (χ1n) is 7.89. The van der Waals surface area contributed by atoms with Gasteiger partial charge in [0.2, 0.25) is 5.88 Å². The Bertz CT molecular complexity index is 884. The summed E-state index contributed by atoms with van der Waals surface area (Å²) in [4.78, 5) is 23.1. The minimum absolute atomic E-state index is 0.0407. The molecule has 3 N–H and O–H groups in total. The maximum absolute atomic E-state index is 12.4. The van der Waals surface area contributed by atoms with Crippen LogP contribution in [0.1, 0.15) is 25.3 Å². The Morgan fingerprint density at radius 1 is 1.44 bits per heavy atom. The van der Waals surface area contributed by atoms with Gasteiger partial charge in [0.1, 0.15) is 23.2 Å². The van der Waals surface area contributed by atoms with Crippen molar-refractivity contribution in [1.29, 1.82) is 5.26 Å². The Morgan fingerprint density at radius 3 is 2.70 bits per heavy atom. The highest BCUT2D eigenvalue weighted by atomic mass is 35.5. The van der Waals surface area contributed by atoms with Gasteiger partial charge >= 0.3 is 11.9 Å². The van der Waals surface area contributed by atoms with Crippen molar-refractivity contribution in [3.63, 3.8) is 0 Å². The van der Waals surface area contributed by atoms with Gasteiger partial charge in [-0.3, -0.25) is 0 Å². The molecule has 1 unspecified atom stereocenters. The number of halogens is 1. The number of hydrogen-bond acceptors (Lipinski definition) is 7. The zero-order valence-corrected chi connectivity index (χ0v) is 15.4. The molecule has 0 saturated carbocycles. The maximum atomic E-state index is 12.4. The third kappa shape index (κ3) is 4.33. The molecule has 142 valence electrons. The van der Waals surface area contributed by atoms with Crippen molar-refractivity contribution in [3.05, 3.63) is 51.6 Å². The van der Waals surface area contributed by atoms with Gasteiger partial charge in [-0.05, 0) is 31.5 Å². The predicted octanol–water partition coefficient (Wildman–Crippen LogP) is 2.45. The number of rotatable bonds is 6. The Hall–Kier alpha value is -3.18. The highest BCUT2D eigenvalue weighted by Gasteiger charge is 2.36. The average molecular weight is 393 g/mol. The molecule has 1 heterocycles. The summed E-state index contributed by atoms with van der Waals surface area (Å²) in [7, 11) is 0. The number of nitriles is 1. The molecule has 0 aromatic heterocycles. The molecular formula is C18H17ClN2O6. The zero-order chi connectivity index (χ0) is 20.1. The standard InChI is InChI=1S/C18H17ClN2O6/c1-3-25-18(24)15-9(2)27-17(21)11(7-20)16(15)10-4-5-13(12(19)6-10)26-8-14(22)23/h4-6,16H,3,8,21H2,1-2H3,(H,22,23). The highest BCUT2D eigenvalue weighted by Crippen LogP contribution is 2.41. The van der Waals surface area contributed by atoms with Crippen molar-refractivity contribution in [2.24, 2.45) is 5.73 Å². The van der Waals surface area contributed by atoms with Crippen molar-refractivity contribution >= 4 is 23.5 Å². The first kappa shape index (κ1) is 20.1. The van der Waals surface area contributed by atoms with Crippen LogP contribution in [0.5, 0.6) is 5.75 Å². The average Bonchev–Trinajstić information content (AvgIpc) is 2.60. The predicted molar refractivity (Wildman–Crippen MR) is 94.6 cm³/mol. The Balaban J connectivity index is 2.51. The number of nitrogens with two attached hydrogens (primary N) is 1. The van der Waals surface area contributed by atoms with Crippen LogP contribution in [0.3, 0.4) is 0 Å². The third-order valence-electron chi connectivity index (χ3n) is 3.74. The van der Waals surface area contributed by atoms with E-state index in [9.17, 15) is 14.9 Å². The first-order chi connectivity index (χ1) is 12.8. The zero-order valence-electron chi connectivity index (χ0n) is 14.6. The van der Waals surface area contributed by atoms with Crippen LogP contribution >= 0.6 is 11.6 Å². The summed E-state index contributed by atoms with van der Waals surface area (Å²) in [5.74, 6) is -2.36. The fraction of sp³-hybridized carbons (Fsp3) is 0.278. The lowest BCUT2D eigenvalue weighted by atomic mass is 9.83. The largest absolute Gasteiger partial charge is 0.480 e. The molecule has 1 aromatic carbocycles. The SMILES string of the molecule is CCOC(=O)C1=C(C)OC(N)=C(C#N)C1c1ccc(OCC(=O)O)c(Cl)c1. The van der Waals surface area contributed by atoms with Crippen LogP contribution in [0.25, 0.3) is 0 Å². The molecule has 27 heavy (non-hydrogen) atoms. The van der Waals surface area contributed by atoms with E-state index in [4.69, 9.17) is 36.7 Å². The number of carbonyl (C=O) groups is 2. The molecule has 0 saturated heterocycles. The van der Waals surface area contributed by atoms with E-state index < -0.39 is 24.5 Å². The fourth-order valence-electron chi connectivity index (χ4n) is 2.64. The van der Waals surface area contributed by atoms with Crippen molar-refractivity contribution < 1.29 is 28.9 Å². The molecule has 1 aromatic rings. The molecule has 9 heteroatoms. The number of ether oxygens (including phenoxy) is 3. The fourth-order valence-corrected chi connectivity index (χ4v) is 2.88. The van der Waals surface area contributed by atoms with Gasteiger partial charge in [-0.2, -0.15) is 5.26 Å². The van der Waals surface area contributed by atoms with E-state index in [2.05, 4.69) is 0 Å². The quantitative estimate of drug-likeness (QED) is 0.705. The number of carboxylic acid groups (broad SMARTS) is 1. The summed E-state index contributed by atoms with van der Waals surface area (Å²) in [5.41, 5.74) is 6.48. The number of nitrogens with zero attached hydrogens (tertiary/aromatic N) is 1. The molecule has 0 radical (unpaired) electrons. The van der Waals surface area contributed by atoms with E-state index in [1.54, 1.807) is 19.9 Å². The Morgan fingerprint density at radius 2 is 2.15 bits per heavy atom. The molecule has 0 aliphatic carbocycles. The third-order valence-corrected chi connectivity index (χ3v) is 4.04. The van der Waals surface area contributed by atoms with E-state index in [0.29, 0.717) is 5.56 Å². The summed E-state index contributed by atoms with van der Waals surface area (Å²) in [6.45, 7) is 2.80. The number of esters is 1. The molecule has 1 aliphatic heterocycles. The normalized spacial score (nSPS) is 16.4. The van der Waals surface area contributed by atoms with Crippen LogP contribution < -0.4 is 10.5 Å². The van der Waals surface area contributed by atoms with Crippen LogP contribution in [0.4, 0.5) is 0 Å². The smallest absolute Gasteiger partial charge is 0.341 e. The van der Waals surface area contributed by atoms with Crippen molar-refractivity contribution in [2.45, 2.75) is 19.8 Å². The van der Waals surface area contributed by atoms with Gasteiger partial charge in [0.25, 0.3) is 0 Å². The van der Waals surface area contributed by atoms with Gasteiger partial charge in [-0.1, -0.05) is 17.7 Å². The van der Waals surface area contributed by atoms with E-state index in [-0.39, 0.29) is 40.2 Å². The summed E-state index contributed by atoms with van der Waals surface area (Å²) in [6.07, 6.45) is 0. The summed E-state index contributed by atoms with van der Waals surface area (Å²) in [6, 6.07) is 6.46.